The van der Waals surface area contributed by atoms with Gasteiger partial charge in [-0.25, -0.2) is 4.79 Å². The number of ether oxygens (including phenoxy) is 3. The van der Waals surface area contributed by atoms with Crippen molar-refractivity contribution in [3.8, 4) is 0 Å². The first-order chi connectivity index (χ1) is 30.1. The average molecular weight is 886 g/mol. The number of nitrogens with zero attached hydrogens (tertiary/aromatic N) is 2. The van der Waals surface area contributed by atoms with Crippen molar-refractivity contribution < 1.29 is 43.0 Å². The van der Waals surface area contributed by atoms with Crippen LogP contribution in [-0.4, -0.2) is 136 Å². The number of likely N-dealkylation sites (N-methyl/N-ethyl adjacent to an activating group) is 1. The molecule has 2 fully saturated rings. The number of rotatable bonds is 18. The number of carbonyl (C=O) groups excluding carboxylic acids is 6. The summed E-state index contributed by atoms with van der Waals surface area (Å²) in [6.45, 7) is 10.3. The van der Waals surface area contributed by atoms with Gasteiger partial charge in [0.1, 0.15) is 30.8 Å². The van der Waals surface area contributed by atoms with Gasteiger partial charge in [-0.2, -0.15) is 0 Å². The first-order valence-electron chi connectivity index (χ1n) is 23.4. The highest BCUT2D eigenvalue weighted by atomic mass is 16.5. The molecule has 0 bridgehead atoms. The van der Waals surface area contributed by atoms with E-state index in [4.69, 9.17) is 14.2 Å². The summed E-state index contributed by atoms with van der Waals surface area (Å²) >= 11 is 0. The van der Waals surface area contributed by atoms with Crippen LogP contribution in [0.25, 0.3) is 0 Å². The van der Waals surface area contributed by atoms with Crippen LogP contribution in [0.5, 0.6) is 0 Å². The first-order valence-corrected chi connectivity index (χ1v) is 23.4. The zero-order valence-electron chi connectivity index (χ0n) is 39.4. The Balaban J connectivity index is 2.04. The largest absolute Gasteiger partial charge is 0.445 e. The summed E-state index contributed by atoms with van der Waals surface area (Å²) in [6, 6.07) is 4.06. The monoisotopic (exact) mass is 886 g/mol. The standard InChI is InChI=1S/C47H79N7O9/c1-9-10-11-18-24-40-34(5)46(59)54(8)39(27-32(2)3)44(57)52-41(36-22-16-13-17-23-36)45(58)50-37(28-48-47(60)63-30-35-20-14-12-15-21-35)42(55)51-38(31-61-26-19-25-53(6)7)43(56)49-33(4)29-62-40/h12,14-15,20-21,32-34,36-41H,9-11,13,16-19,22-31H2,1-8H3,(H,48,60)(H,49,56)(H,50,58)(H,51,55)(H,52,57)/t33-,34-,37+,38+,39+,40-,41+/m1/s1. The van der Waals surface area contributed by atoms with Gasteiger partial charge >= 0.3 is 6.09 Å². The number of hydrogen-bond donors (Lipinski definition) is 5. The normalized spacial score (nSPS) is 25.3. The lowest BCUT2D eigenvalue weighted by molar-refractivity contribution is -0.147. The van der Waals surface area contributed by atoms with E-state index >= 15 is 0 Å². The van der Waals surface area contributed by atoms with Crippen LogP contribution < -0.4 is 26.6 Å². The number of carbonyl (C=O) groups is 6. The van der Waals surface area contributed by atoms with Crippen molar-refractivity contribution in [2.45, 2.75) is 155 Å². The molecule has 1 aliphatic heterocycles. The quantitative estimate of drug-likeness (QED) is 0.133. The topological polar surface area (TPSA) is 197 Å². The number of amides is 6. The SMILES string of the molecule is CCCCCC[C@H]1OC[C@@H](C)NC(=O)[C@H](COCCCN(C)C)NC(=O)[C@H](CNC(=O)OCc2ccccc2)NC(=O)[C@H](C2CCCCC2)NC(=O)[C@H](CC(C)C)N(C)C(=O)[C@@H]1C. The van der Waals surface area contributed by atoms with E-state index in [1.54, 1.807) is 14.0 Å². The van der Waals surface area contributed by atoms with Crippen molar-refractivity contribution in [3.05, 3.63) is 35.9 Å². The van der Waals surface area contributed by atoms with E-state index in [0.717, 1.165) is 57.1 Å². The van der Waals surface area contributed by atoms with Crippen LogP contribution in [0, 0.1) is 17.8 Å². The molecule has 16 heteroatoms. The number of benzene rings is 1. The molecular formula is C47H79N7O9. The molecule has 63 heavy (non-hydrogen) atoms. The fourth-order valence-corrected chi connectivity index (χ4v) is 8.11. The molecule has 0 unspecified atom stereocenters. The Hall–Kier alpha value is -4.28. The maximum Gasteiger partial charge on any atom is 0.407 e. The van der Waals surface area contributed by atoms with Crippen LogP contribution in [0.2, 0.25) is 0 Å². The molecule has 1 heterocycles. The highest BCUT2D eigenvalue weighted by molar-refractivity contribution is 5.96. The van der Waals surface area contributed by atoms with Gasteiger partial charge in [-0.1, -0.05) is 103 Å². The predicted molar refractivity (Wildman–Crippen MR) is 242 cm³/mol. The van der Waals surface area contributed by atoms with Gasteiger partial charge in [0.25, 0.3) is 0 Å². The summed E-state index contributed by atoms with van der Waals surface area (Å²) < 4.78 is 17.8. The summed E-state index contributed by atoms with van der Waals surface area (Å²) in [5.74, 6) is -3.44. The van der Waals surface area contributed by atoms with E-state index in [1.807, 2.05) is 70.1 Å². The number of alkyl carbamates (subject to hydrolysis) is 1. The fraction of sp³-hybridized carbons (Fsp3) is 0.745. The third kappa shape index (κ3) is 19.2. The molecule has 2 aliphatic rings. The van der Waals surface area contributed by atoms with Crippen molar-refractivity contribution in [1.82, 2.24) is 36.4 Å². The molecule has 1 aromatic carbocycles. The molecule has 1 saturated heterocycles. The third-order valence-electron chi connectivity index (χ3n) is 11.9. The molecule has 1 aliphatic carbocycles. The van der Waals surface area contributed by atoms with Crippen LogP contribution in [0.4, 0.5) is 4.79 Å². The van der Waals surface area contributed by atoms with Crippen molar-refractivity contribution in [1.29, 1.82) is 0 Å². The second-order valence-corrected chi connectivity index (χ2v) is 18.2. The minimum Gasteiger partial charge on any atom is -0.445 e. The Morgan fingerprint density at radius 1 is 0.873 bits per heavy atom. The highest BCUT2D eigenvalue weighted by Crippen LogP contribution is 2.28. The highest BCUT2D eigenvalue weighted by Gasteiger charge is 2.39. The van der Waals surface area contributed by atoms with Gasteiger partial charge in [-0.3, -0.25) is 24.0 Å². The van der Waals surface area contributed by atoms with E-state index in [1.165, 1.54) is 4.90 Å². The average Bonchev–Trinajstić information content (AvgIpc) is 3.26. The Morgan fingerprint density at radius 3 is 2.22 bits per heavy atom. The van der Waals surface area contributed by atoms with E-state index in [0.29, 0.717) is 38.7 Å². The summed E-state index contributed by atoms with van der Waals surface area (Å²) in [4.78, 5) is 88.2. The van der Waals surface area contributed by atoms with Crippen LogP contribution in [0.1, 0.15) is 117 Å². The molecule has 0 radical (unpaired) electrons. The molecule has 6 amide bonds. The lowest BCUT2D eigenvalue weighted by Crippen LogP contribution is -2.62. The van der Waals surface area contributed by atoms with Crippen LogP contribution in [0.15, 0.2) is 30.3 Å². The lowest BCUT2D eigenvalue weighted by Gasteiger charge is -2.36. The van der Waals surface area contributed by atoms with Crippen LogP contribution in [-0.2, 0) is 44.8 Å². The minimum atomic E-state index is -1.39. The summed E-state index contributed by atoms with van der Waals surface area (Å²) in [6.07, 6.45) is 8.30. The van der Waals surface area contributed by atoms with Gasteiger partial charge in [-0.15, -0.1) is 0 Å². The summed E-state index contributed by atoms with van der Waals surface area (Å²) in [5.41, 5.74) is 0.760. The van der Waals surface area contributed by atoms with Gasteiger partial charge in [0, 0.05) is 19.7 Å². The van der Waals surface area contributed by atoms with Crippen molar-refractivity contribution in [3.63, 3.8) is 0 Å². The minimum absolute atomic E-state index is 0.0200. The van der Waals surface area contributed by atoms with Gasteiger partial charge in [0.05, 0.1) is 31.8 Å². The summed E-state index contributed by atoms with van der Waals surface area (Å²) in [7, 11) is 5.53. The van der Waals surface area contributed by atoms with E-state index in [2.05, 4.69) is 33.5 Å². The Bertz CT molecular complexity index is 1560. The van der Waals surface area contributed by atoms with Gasteiger partial charge in [-0.05, 0) is 77.1 Å². The van der Waals surface area contributed by atoms with Gasteiger partial charge in [0.15, 0.2) is 0 Å². The van der Waals surface area contributed by atoms with Crippen molar-refractivity contribution in [2.75, 3.05) is 54.1 Å². The maximum atomic E-state index is 14.6. The first kappa shape index (κ1) is 53.1. The molecular weight excluding hydrogens is 807 g/mol. The predicted octanol–water partition coefficient (Wildman–Crippen LogP) is 4.30. The number of unbranched alkanes of at least 4 members (excludes halogenated alkanes) is 3. The van der Waals surface area contributed by atoms with Gasteiger partial charge < -0.3 is 50.6 Å². The molecule has 16 nitrogen and oxygen atoms in total. The van der Waals surface area contributed by atoms with E-state index in [9.17, 15) is 28.8 Å². The molecule has 356 valence electrons. The molecule has 0 spiro atoms. The number of hydrogen-bond acceptors (Lipinski definition) is 10. The summed E-state index contributed by atoms with van der Waals surface area (Å²) in [5, 5.41) is 14.2. The van der Waals surface area contributed by atoms with Crippen molar-refractivity contribution in [2.24, 2.45) is 17.8 Å². The van der Waals surface area contributed by atoms with E-state index < -0.39 is 72.0 Å². The molecule has 5 N–H and O–H groups in total. The van der Waals surface area contributed by atoms with Crippen LogP contribution in [0.3, 0.4) is 0 Å². The Kier molecular flexibility index (Phi) is 24.0. The van der Waals surface area contributed by atoms with E-state index in [-0.39, 0.29) is 44.1 Å². The molecule has 1 saturated carbocycles. The number of nitrogens with one attached hydrogen (secondary N) is 5. The second-order valence-electron chi connectivity index (χ2n) is 18.2. The lowest BCUT2D eigenvalue weighted by atomic mass is 9.83. The van der Waals surface area contributed by atoms with Crippen molar-refractivity contribution >= 4 is 35.6 Å². The van der Waals surface area contributed by atoms with Gasteiger partial charge in [0.2, 0.25) is 29.5 Å². The molecule has 3 rings (SSSR count). The fourth-order valence-electron chi connectivity index (χ4n) is 8.11. The maximum absolute atomic E-state index is 14.6. The Labute approximate surface area is 376 Å². The second kappa shape index (κ2) is 28.5. The zero-order chi connectivity index (χ0) is 46.3. The Morgan fingerprint density at radius 2 is 1.56 bits per heavy atom. The zero-order valence-corrected chi connectivity index (χ0v) is 39.4. The molecule has 1 aromatic rings. The molecule has 0 aromatic heterocycles. The van der Waals surface area contributed by atoms with Crippen LogP contribution >= 0.6 is 0 Å². The molecule has 7 atom stereocenters. The third-order valence-corrected chi connectivity index (χ3v) is 11.9. The smallest absolute Gasteiger partial charge is 0.407 e.